The molecule has 0 amide bonds. The molecule has 0 unspecified atom stereocenters. The number of nitrogens with one attached hydrogen (secondary N) is 1. The van der Waals surface area contributed by atoms with Crippen molar-refractivity contribution in [2.75, 3.05) is 19.8 Å². The summed E-state index contributed by atoms with van der Waals surface area (Å²) >= 11 is 0. The van der Waals surface area contributed by atoms with Crippen LogP contribution in [0.2, 0.25) is 0 Å². The summed E-state index contributed by atoms with van der Waals surface area (Å²) < 4.78 is 5.72. The first-order valence-corrected chi connectivity index (χ1v) is 6.57. The Morgan fingerprint density at radius 2 is 1.94 bits per heavy atom. The Kier molecular flexibility index (Phi) is 3.57. The van der Waals surface area contributed by atoms with Crippen LogP contribution in [0.1, 0.15) is 46.0 Å². The molecule has 0 aromatic heterocycles. The lowest BCUT2D eigenvalue weighted by atomic mass is 9.77. The molecule has 0 spiro atoms. The molecule has 3 heteroatoms. The summed E-state index contributed by atoms with van der Waals surface area (Å²) in [5.74, 6) is 0. The summed E-state index contributed by atoms with van der Waals surface area (Å²) in [6.07, 6.45) is 6.38. The number of hydrogen-bond donors (Lipinski definition) is 2. The second-order valence-electron chi connectivity index (χ2n) is 6.01. The predicted molar refractivity (Wildman–Crippen MR) is 64.4 cm³/mol. The maximum absolute atomic E-state index is 9.38. The smallest absolute Gasteiger partial charge is 0.0613 e. The van der Waals surface area contributed by atoms with Crippen molar-refractivity contribution in [3.63, 3.8) is 0 Å². The number of aliphatic hydroxyl groups excluding tert-OH is 1. The van der Waals surface area contributed by atoms with Gasteiger partial charge in [-0.1, -0.05) is 0 Å². The quantitative estimate of drug-likeness (QED) is 0.695. The van der Waals surface area contributed by atoms with Gasteiger partial charge in [-0.25, -0.2) is 0 Å². The van der Waals surface area contributed by atoms with Crippen LogP contribution in [0.4, 0.5) is 0 Å². The zero-order valence-corrected chi connectivity index (χ0v) is 10.6. The van der Waals surface area contributed by atoms with E-state index in [1.807, 2.05) is 0 Å². The predicted octanol–water partition coefficient (Wildman–Crippen LogP) is 1.70. The third-order valence-corrected chi connectivity index (χ3v) is 4.13. The van der Waals surface area contributed by atoms with Crippen molar-refractivity contribution in [3.05, 3.63) is 0 Å². The van der Waals surface area contributed by atoms with Gasteiger partial charge >= 0.3 is 0 Å². The van der Waals surface area contributed by atoms with Crippen LogP contribution in [0.5, 0.6) is 0 Å². The molecule has 94 valence electrons. The largest absolute Gasteiger partial charge is 0.394 e. The molecule has 2 fully saturated rings. The van der Waals surface area contributed by atoms with Gasteiger partial charge in [0.2, 0.25) is 0 Å². The average molecular weight is 227 g/mol. The van der Waals surface area contributed by atoms with Crippen molar-refractivity contribution >= 4 is 0 Å². The lowest BCUT2D eigenvalue weighted by Gasteiger charge is -2.42. The first-order chi connectivity index (χ1) is 7.60. The molecule has 16 heavy (non-hydrogen) atoms. The molecule has 2 rings (SSSR count). The average Bonchev–Trinajstić information content (AvgIpc) is 2.95. The molecule has 0 aromatic carbocycles. The highest BCUT2D eigenvalue weighted by molar-refractivity contribution is 5.01. The Bertz CT molecular complexity index is 227. The summed E-state index contributed by atoms with van der Waals surface area (Å²) in [7, 11) is 0. The monoisotopic (exact) mass is 227 g/mol. The number of ether oxygens (including phenoxy) is 1. The van der Waals surface area contributed by atoms with E-state index in [1.54, 1.807) is 0 Å². The zero-order valence-electron chi connectivity index (χ0n) is 10.6. The Labute approximate surface area is 98.6 Å². The Morgan fingerprint density at radius 3 is 2.31 bits per heavy atom. The summed E-state index contributed by atoms with van der Waals surface area (Å²) in [5.41, 5.74) is 0.426. The molecule has 0 aliphatic heterocycles. The highest BCUT2D eigenvalue weighted by Gasteiger charge is 2.46. The molecule has 0 bridgehead atoms. The van der Waals surface area contributed by atoms with Crippen LogP contribution < -0.4 is 5.32 Å². The zero-order chi connectivity index (χ0) is 11.6. The number of rotatable bonds is 7. The molecule has 0 saturated heterocycles. The lowest BCUT2D eigenvalue weighted by Crippen LogP contribution is -2.55. The van der Waals surface area contributed by atoms with Gasteiger partial charge in [0, 0.05) is 17.5 Å². The van der Waals surface area contributed by atoms with Crippen molar-refractivity contribution < 1.29 is 9.84 Å². The van der Waals surface area contributed by atoms with E-state index in [0.717, 1.165) is 26.0 Å². The topological polar surface area (TPSA) is 41.5 Å². The van der Waals surface area contributed by atoms with Crippen LogP contribution in [-0.2, 0) is 4.74 Å². The molecule has 2 saturated carbocycles. The molecular weight excluding hydrogens is 202 g/mol. The SMILES string of the molecule is CC(C)OCC1(CNC2(CO)CCC2)CC1. The van der Waals surface area contributed by atoms with Gasteiger partial charge in [-0.2, -0.15) is 0 Å². The van der Waals surface area contributed by atoms with Gasteiger partial charge in [-0.15, -0.1) is 0 Å². The Morgan fingerprint density at radius 1 is 1.25 bits per heavy atom. The molecule has 0 radical (unpaired) electrons. The minimum absolute atomic E-state index is 0.0490. The molecule has 0 atom stereocenters. The van der Waals surface area contributed by atoms with E-state index in [0.29, 0.717) is 11.5 Å². The fourth-order valence-corrected chi connectivity index (χ4v) is 2.26. The second-order valence-corrected chi connectivity index (χ2v) is 6.01. The van der Waals surface area contributed by atoms with Crippen molar-refractivity contribution in [1.82, 2.24) is 5.32 Å². The van der Waals surface area contributed by atoms with Crippen LogP contribution in [0, 0.1) is 5.41 Å². The van der Waals surface area contributed by atoms with E-state index in [1.165, 1.54) is 19.3 Å². The molecule has 0 aromatic rings. The van der Waals surface area contributed by atoms with Crippen LogP contribution in [0.15, 0.2) is 0 Å². The van der Waals surface area contributed by atoms with Crippen LogP contribution in [0.25, 0.3) is 0 Å². The lowest BCUT2D eigenvalue weighted by molar-refractivity contribution is 0.0310. The van der Waals surface area contributed by atoms with Crippen molar-refractivity contribution in [2.45, 2.75) is 57.6 Å². The van der Waals surface area contributed by atoms with E-state index < -0.39 is 0 Å². The first-order valence-electron chi connectivity index (χ1n) is 6.57. The maximum atomic E-state index is 9.38. The summed E-state index contributed by atoms with van der Waals surface area (Å²) in [5, 5.41) is 13.0. The van der Waals surface area contributed by atoms with E-state index in [2.05, 4.69) is 19.2 Å². The molecule has 2 aliphatic carbocycles. The third-order valence-electron chi connectivity index (χ3n) is 4.13. The molecule has 0 heterocycles. The van der Waals surface area contributed by atoms with Crippen LogP contribution in [-0.4, -0.2) is 36.5 Å². The minimum Gasteiger partial charge on any atom is -0.394 e. The van der Waals surface area contributed by atoms with Crippen molar-refractivity contribution in [1.29, 1.82) is 0 Å². The van der Waals surface area contributed by atoms with Crippen LogP contribution in [0.3, 0.4) is 0 Å². The third kappa shape index (κ3) is 2.76. The van der Waals surface area contributed by atoms with Gasteiger partial charge in [-0.05, 0) is 46.0 Å². The summed E-state index contributed by atoms with van der Waals surface area (Å²) in [6.45, 7) is 6.35. The fraction of sp³-hybridized carbons (Fsp3) is 1.00. The van der Waals surface area contributed by atoms with Crippen LogP contribution >= 0.6 is 0 Å². The van der Waals surface area contributed by atoms with Gasteiger partial charge in [0.25, 0.3) is 0 Å². The van der Waals surface area contributed by atoms with Gasteiger partial charge in [0.05, 0.1) is 19.3 Å². The van der Waals surface area contributed by atoms with Gasteiger partial charge < -0.3 is 15.2 Å². The van der Waals surface area contributed by atoms with Gasteiger partial charge in [-0.3, -0.25) is 0 Å². The Balaban J connectivity index is 1.72. The summed E-state index contributed by atoms with van der Waals surface area (Å²) in [6, 6.07) is 0. The molecule has 2 aliphatic rings. The number of aliphatic hydroxyl groups is 1. The molecule has 2 N–H and O–H groups in total. The maximum Gasteiger partial charge on any atom is 0.0613 e. The summed E-state index contributed by atoms with van der Waals surface area (Å²) in [4.78, 5) is 0. The molecular formula is C13H25NO2. The van der Waals surface area contributed by atoms with E-state index >= 15 is 0 Å². The van der Waals surface area contributed by atoms with E-state index in [9.17, 15) is 5.11 Å². The highest BCUT2D eigenvalue weighted by atomic mass is 16.5. The molecule has 3 nitrogen and oxygen atoms in total. The normalized spacial score (nSPS) is 25.5. The first kappa shape index (κ1) is 12.3. The van der Waals surface area contributed by atoms with Gasteiger partial charge in [0.1, 0.15) is 0 Å². The van der Waals surface area contributed by atoms with E-state index in [-0.39, 0.29) is 12.1 Å². The van der Waals surface area contributed by atoms with E-state index in [4.69, 9.17) is 4.74 Å². The second kappa shape index (κ2) is 4.63. The number of hydrogen-bond acceptors (Lipinski definition) is 3. The standard InChI is InChI=1S/C13H25NO2/c1-11(2)16-10-12(6-7-12)8-14-13(9-15)4-3-5-13/h11,14-15H,3-10H2,1-2H3. The Hall–Kier alpha value is -0.120. The highest BCUT2D eigenvalue weighted by Crippen LogP contribution is 2.46. The van der Waals surface area contributed by atoms with Gasteiger partial charge in [0.15, 0.2) is 0 Å². The fourth-order valence-electron chi connectivity index (χ4n) is 2.26. The minimum atomic E-state index is 0.0490. The van der Waals surface area contributed by atoms with Crippen molar-refractivity contribution in [3.8, 4) is 0 Å². The van der Waals surface area contributed by atoms with Crippen molar-refractivity contribution in [2.24, 2.45) is 5.41 Å².